The Bertz CT molecular complexity index is 104. The molecule has 0 spiro atoms. The van der Waals surface area contributed by atoms with Crippen LogP contribution in [0.2, 0.25) is 0 Å². The lowest BCUT2D eigenvalue weighted by atomic mass is 9.86. The Morgan fingerprint density at radius 3 is 2.08 bits per heavy atom. The first kappa shape index (κ1) is 11.9. The van der Waals surface area contributed by atoms with Gasteiger partial charge in [-0.3, -0.25) is 0 Å². The second-order valence-corrected chi connectivity index (χ2v) is 3.67. The zero-order valence-corrected chi connectivity index (χ0v) is 8.93. The molecule has 74 valence electrons. The van der Waals surface area contributed by atoms with E-state index in [4.69, 9.17) is 5.73 Å². The summed E-state index contributed by atoms with van der Waals surface area (Å²) in [6.07, 6.45) is 2.42. The van der Waals surface area contributed by atoms with Gasteiger partial charge in [-0.25, -0.2) is 0 Å². The molecular formula is C10H24N2. The fourth-order valence-electron chi connectivity index (χ4n) is 1.62. The summed E-state index contributed by atoms with van der Waals surface area (Å²) in [7, 11) is 0. The van der Waals surface area contributed by atoms with E-state index in [2.05, 4.69) is 33.0 Å². The number of rotatable bonds is 6. The summed E-state index contributed by atoms with van der Waals surface area (Å²) < 4.78 is 0. The van der Waals surface area contributed by atoms with Gasteiger partial charge in [0.1, 0.15) is 0 Å². The summed E-state index contributed by atoms with van der Waals surface area (Å²) in [5.74, 6) is 1.51. The number of nitrogens with two attached hydrogens (primary N) is 1. The van der Waals surface area contributed by atoms with Gasteiger partial charge in [-0.05, 0) is 18.3 Å². The van der Waals surface area contributed by atoms with Gasteiger partial charge >= 0.3 is 0 Å². The average molecular weight is 172 g/mol. The minimum atomic E-state index is 0.588. The molecule has 0 bridgehead atoms. The van der Waals surface area contributed by atoms with Crippen LogP contribution in [-0.4, -0.2) is 12.7 Å². The van der Waals surface area contributed by atoms with Crippen molar-refractivity contribution in [3.05, 3.63) is 0 Å². The third-order valence-corrected chi connectivity index (χ3v) is 3.00. The highest BCUT2D eigenvalue weighted by molar-refractivity contribution is 4.74. The van der Waals surface area contributed by atoms with Crippen LogP contribution in [0.15, 0.2) is 0 Å². The Kier molecular flexibility index (Phi) is 6.39. The summed E-state index contributed by atoms with van der Waals surface area (Å²) in [4.78, 5) is 0. The highest BCUT2D eigenvalue weighted by Crippen LogP contribution is 2.19. The zero-order valence-electron chi connectivity index (χ0n) is 8.93. The summed E-state index contributed by atoms with van der Waals surface area (Å²) in [6.45, 7) is 9.68. The van der Waals surface area contributed by atoms with Crippen molar-refractivity contribution in [3.8, 4) is 0 Å². The van der Waals surface area contributed by atoms with Crippen molar-refractivity contribution in [1.29, 1.82) is 0 Å². The Morgan fingerprint density at radius 1 is 1.17 bits per heavy atom. The first-order valence-electron chi connectivity index (χ1n) is 5.10. The average Bonchev–Trinajstić information content (AvgIpc) is 2.11. The molecule has 3 atom stereocenters. The molecule has 0 aliphatic heterocycles. The molecule has 0 rings (SSSR count). The highest BCUT2D eigenvalue weighted by atomic mass is 15.0. The molecule has 0 aromatic carbocycles. The molecule has 2 nitrogen and oxygen atoms in total. The molecule has 3 unspecified atom stereocenters. The predicted molar refractivity (Wildman–Crippen MR) is 54.9 cm³/mol. The number of hydrogen-bond acceptors (Lipinski definition) is 2. The molecule has 0 aromatic heterocycles. The minimum absolute atomic E-state index is 0.588. The first-order chi connectivity index (χ1) is 5.67. The molecule has 0 fully saturated rings. The second-order valence-electron chi connectivity index (χ2n) is 3.67. The quantitative estimate of drug-likeness (QED) is 0.601. The summed E-state index contributed by atoms with van der Waals surface area (Å²) in [6, 6.07) is 0.588. The van der Waals surface area contributed by atoms with Gasteiger partial charge in [0.25, 0.3) is 0 Å². The molecule has 0 saturated heterocycles. The van der Waals surface area contributed by atoms with Crippen LogP contribution < -0.4 is 11.1 Å². The van der Waals surface area contributed by atoms with E-state index in [9.17, 15) is 0 Å². The van der Waals surface area contributed by atoms with Crippen molar-refractivity contribution in [3.63, 3.8) is 0 Å². The lowest BCUT2D eigenvalue weighted by Gasteiger charge is -2.27. The van der Waals surface area contributed by atoms with Crippen molar-refractivity contribution in [2.75, 3.05) is 6.67 Å². The molecule has 0 aliphatic carbocycles. The van der Waals surface area contributed by atoms with Crippen molar-refractivity contribution in [2.45, 2.75) is 46.6 Å². The van der Waals surface area contributed by atoms with Gasteiger partial charge in [0, 0.05) is 12.7 Å². The maximum Gasteiger partial charge on any atom is 0.0430 e. The van der Waals surface area contributed by atoms with Crippen LogP contribution in [0.25, 0.3) is 0 Å². The van der Waals surface area contributed by atoms with E-state index >= 15 is 0 Å². The minimum Gasteiger partial charge on any atom is -0.318 e. The Morgan fingerprint density at radius 2 is 1.75 bits per heavy atom. The third-order valence-electron chi connectivity index (χ3n) is 3.00. The fraction of sp³-hybridized carbons (Fsp3) is 1.00. The van der Waals surface area contributed by atoms with Crippen LogP contribution in [0, 0.1) is 11.8 Å². The molecule has 0 aromatic rings. The van der Waals surface area contributed by atoms with Gasteiger partial charge in [-0.1, -0.05) is 34.1 Å². The van der Waals surface area contributed by atoms with Crippen LogP contribution in [0.5, 0.6) is 0 Å². The smallest absolute Gasteiger partial charge is 0.0430 e. The SMILES string of the molecule is CCC(C)C(C)C(CC)NCN. The Labute approximate surface area is 76.9 Å². The Balaban J connectivity index is 3.91. The van der Waals surface area contributed by atoms with Gasteiger partial charge in [0.05, 0.1) is 0 Å². The van der Waals surface area contributed by atoms with E-state index in [1.54, 1.807) is 0 Å². The number of nitrogens with one attached hydrogen (secondary N) is 1. The monoisotopic (exact) mass is 172 g/mol. The van der Waals surface area contributed by atoms with E-state index in [-0.39, 0.29) is 0 Å². The zero-order chi connectivity index (χ0) is 9.56. The van der Waals surface area contributed by atoms with E-state index in [1.807, 2.05) is 0 Å². The maximum atomic E-state index is 5.47. The van der Waals surface area contributed by atoms with Crippen LogP contribution in [0.1, 0.15) is 40.5 Å². The van der Waals surface area contributed by atoms with Crippen molar-refractivity contribution >= 4 is 0 Å². The predicted octanol–water partition coefficient (Wildman–Crippen LogP) is 1.95. The number of hydrogen-bond donors (Lipinski definition) is 2. The first-order valence-corrected chi connectivity index (χ1v) is 5.10. The van der Waals surface area contributed by atoms with Gasteiger partial charge in [0.15, 0.2) is 0 Å². The summed E-state index contributed by atoms with van der Waals surface area (Å²) >= 11 is 0. The third kappa shape index (κ3) is 3.55. The Hall–Kier alpha value is -0.0800. The van der Waals surface area contributed by atoms with Crippen LogP contribution >= 0.6 is 0 Å². The molecule has 0 heterocycles. The van der Waals surface area contributed by atoms with Crippen molar-refractivity contribution in [1.82, 2.24) is 5.32 Å². The summed E-state index contributed by atoms with van der Waals surface area (Å²) in [5.41, 5.74) is 5.47. The van der Waals surface area contributed by atoms with Crippen molar-refractivity contribution in [2.24, 2.45) is 17.6 Å². The van der Waals surface area contributed by atoms with Gasteiger partial charge < -0.3 is 11.1 Å². The van der Waals surface area contributed by atoms with Crippen LogP contribution in [0.4, 0.5) is 0 Å². The van der Waals surface area contributed by atoms with Gasteiger partial charge in [-0.15, -0.1) is 0 Å². The lowest BCUT2D eigenvalue weighted by molar-refractivity contribution is 0.273. The highest BCUT2D eigenvalue weighted by Gasteiger charge is 2.18. The molecule has 0 amide bonds. The van der Waals surface area contributed by atoms with E-state index in [0.717, 1.165) is 11.8 Å². The molecular weight excluding hydrogens is 148 g/mol. The second kappa shape index (κ2) is 6.44. The molecule has 0 radical (unpaired) electrons. The van der Waals surface area contributed by atoms with Crippen LogP contribution in [0.3, 0.4) is 0 Å². The molecule has 3 N–H and O–H groups in total. The van der Waals surface area contributed by atoms with E-state index < -0.39 is 0 Å². The molecule has 12 heavy (non-hydrogen) atoms. The lowest BCUT2D eigenvalue weighted by Crippen LogP contribution is -2.40. The molecule has 0 saturated carbocycles. The van der Waals surface area contributed by atoms with E-state index in [0.29, 0.717) is 12.7 Å². The summed E-state index contributed by atoms with van der Waals surface area (Å²) in [5, 5.41) is 3.33. The molecule has 2 heteroatoms. The van der Waals surface area contributed by atoms with Gasteiger partial charge in [-0.2, -0.15) is 0 Å². The van der Waals surface area contributed by atoms with Crippen molar-refractivity contribution < 1.29 is 0 Å². The van der Waals surface area contributed by atoms with Crippen LogP contribution in [-0.2, 0) is 0 Å². The van der Waals surface area contributed by atoms with E-state index in [1.165, 1.54) is 12.8 Å². The molecule has 0 aliphatic rings. The standard InChI is InChI=1S/C10H24N2/c1-5-8(3)9(4)10(6-2)12-7-11/h8-10,12H,5-7,11H2,1-4H3. The largest absolute Gasteiger partial charge is 0.318 e. The van der Waals surface area contributed by atoms with Gasteiger partial charge in [0.2, 0.25) is 0 Å². The maximum absolute atomic E-state index is 5.47. The normalized spacial score (nSPS) is 18.8. The topological polar surface area (TPSA) is 38.0 Å². The fourth-order valence-corrected chi connectivity index (χ4v) is 1.62.